The zero-order chi connectivity index (χ0) is 14.0. The second-order valence-electron chi connectivity index (χ2n) is 4.80. The Morgan fingerprint density at radius 2 is 2.11 bits per heavy atom. The molecule has 1 aromatic rings. The summed E-state index contributed by atoms with van der Waals surface area (Å²) in [5.74, 6) is 0. The number of benzene rings is 1. The van der Waals surface area contributed by atoms with Crippen LogP contribution in [-0.4, -0.2) is 32.4 Å². The van der Waals surface area contributed by atoms with Gasteiger partial charge in [0.2, 0.25) is 10.0 Å². The molecule has 2 rings (SSSR count). The molecule has 0 radical (unpaired) electrons. The SMILES string of the molecule is CCNCc1ccc(S(=O)(=O)N(C)C2CC2)c(Br)c1. The van der Waals surface area contributed by atoms with Crippen molar-refractivity contribution < 1.29 is 8.42 Å². The fraction of sp³-hybridized carbons (Fsp3) is 0.538. The van der Waals surface area contributed by atoms with Crippen molar-refractivity contribution in [2.24, 2.45) is 0 Å². The van der Waals surface area contributed by atoms with Gasteiger partial charge in [0, 0.05) is 24.1 Å². The molecule has 0 heterocycles. The van der Waals surface area contributed by atoms with Crippen LogP contribution in [-0.2, 0) is 16.6 Å². The third kappa shape index (κ3) is 3.37. The Labute approximate surface area is 123 Å². The van der Waals surface area contributed by atoms with Crippen molar-refractivity contribution in [2.45, 2.75) is 37.2 Å². The maximum absolute atomic E-state index is 12.4. The highest BCUT2D eigenvalue weighted by Crippen LogP contribution is 2.33. The molecule has 0 aromatic heterocycles. The van der Waals surface area contributed by atoms with E-state index >= 15 is 0 Å². The van der Waals surface area contributed by atoms with Gasteiger partial charge in [0.05, 0.1) is 4.90 Å². The normalized spacial score (nSPS) is 16.0. The summed E-state index contributed by atoms with van der Waals surface area (Å²) in [7, 11) is -1.72. The summed E-state index contributed by atoms with van der Waals surface area (Å²) in [5.41, 5.74) is 1.07. The maximum Gasteiger partial charge on any atom is 0.244 e. The molecule has 0 bridgehead atoms. The standard InChI is InChI=1S/C13H19BrN2O2S/c1-3-15-9-10-4-7-13(12(14)8-10)19(17,18)16(2)11-5-6-11/h4,7-8,11,15H,3,5-6,9H2,1-2H3. The number of hydrogen-bond donors (Lipinski definition) is 1. The molecule has 19 heavy (non-hydrogen) atoms. The van der Waals surface area contributed by atoms with Crippen LogP contribution in [0.5, 0.6) is 0 Å². The van der Waals surface area contributed by atoms with Crippen LogP contribution in [0, 0.1) is 0 Å². The van der Waals surface area contributed by atoms with E-state index in [1.807, 2.05) is 19.1 Å². The average Bonchev–Trinajstić information content (AvgIpc) is 3.19. The number of nitrogens with one attached hydrogen (secondary N) is 1. The summed E-state index contributed by atoms with van der Waals surface area (Å²) in [5, 5.41) is 3.22. The molecule has 0 atom stereocenters. The maximum atomic E-state index is 12.4. The Morgan fingerprint density at radius 1 is 1.42 bits per heavy atom. The highest BCUT2D eigenvalue weighted by atomic mass is 79.9. The van der Waals surface area contributed by atoms with Gasteiger partial charge < -0.3 is 5.32 Å². The molecule has 4 nitrogen and oxygen atoms in total. The molecule has 6 heteroatoms. The van der Waals surface area contributed by atoms with E-state index in [0.29, 0.717) is 9.37 Å². The molecule has 1 fully saturated rings. The highest BCUT2D eigenvalue weighted by Gasteiger charge is 2.35. The summed E-state index contributed by atoms with van der Waals surface area (Å²) in [4.78, 5) is 0.349. The lowest BCUT2D eigenvalue weighted by Crippen LogP contribution is -2.29. The van der Waals surface area contributed by atoms with Crippen molar-refractivity contribution in [3.05, 3.63) is 28.2 Å². The van der Waals surface area contributed by atoms with Gasteiger partial charge in [-0.05, 0) is 53.0 Å². The largest absolute Gasteiger partial charge is 0.313 e. The Kier molecular flexibility index (Phi) is 4.66. The molecule has 1 N–H and O–H groups in total. The van der Waals surface area contributed by atoms with Crippen LogP contribution < -0.4 is 5.32 Å². The van der Waals surface area contributed by atoms with Crippen molar-refractivity contribution in [2.75, 3.05) is 13.6 Å². The Hall–Kier alpha value is -0.430. The lowest BCUT2D eigenvalue weighted by atomic mass is 10.2. The monoisotopic (exact) mass is 346 g/mol. The van der Waals surface area contributed by atoms with E-state index in [1.165, 1.54) is 4.31 Å². The van der Waals surface area contributed by atoms with E-state index in [4.69, 9.17) is 0 Å². The second kappa shape index (κ2) is 5.91. The number of sulfonamides is 1. The molecule has 1 aliphatic carbocycles. The summed E-state index contributed by atoms with van der Waals surface area (Å²) in [6.45, 7) is 3.68. The first kappa shape index (κ1) is 15.0. The third-order valence-electron chi connectivity index (χ3n) is 3.29. The molecule has 106 valence electrons. The van der Waals surface area contributed by atoms with Crippen molar-refractivity contribution in [1.82, 2.24) is 9.62 Å². The molecular formula is C13H19BrN2O2S. The smallest absolute Gasteiger partial charge is 0.244 e. The van der Waals surface area contributed by atoms with Crippen LogP contribution in [0.4, 0.5) is 0 Å². The fourth-order valence-corrected chi connectivity index (χ4v) is 4.42. The number of halogens is 1. The fourth-order valence-electron chi connectivity index (χ4n) is 1.92. The van der Waals surface area contributed by atoms with E-state index in [1.54, 1.807) is 13.1 Å². The first-order valence-electron chi connectivity index (χ1n) is 6.44. The summed E-state index contributed by atoms with van der Waals surface area (Å²) in [6, 6.07) is 5.60. The summed E-state index contributed by atoms with van der Waals surface area (Å²) < 4.78 is 27.0. The van der Waals surface area contributed by atoms with E-state index in [-0.39, 0.29) is 6.04 Å². The van der Waals surface area contributed by atoms with Crippen LogP contribution in [0.2, 0.25) is 0 Å². The van der Waals surface area contributed by atoms with Gasteiger partial charge in [-0.1, -0.05) is 13.0 Å². The third-order valence-corrected chi connectivity index (χ3v) is 6.18. The molecule has 0 spiro atoms. The van der Waals surface area contributed by atoms with Crippen molar-refractivity contribution in [1.29, 1.82) is 0 Å². The minimum absolute atomic E-state index is 0.179. The zero-order valence-electron chi connectivity index (χ0n) is 11.2. The first-order valence-corrected chi connectivity index (χ1v) is 8.67. The second-order valence-corrected chi connectivity index (χ2v) is 7.62. The van der Waals surface area contributed by atoms with Gasteiger partial charge in [0.15, 0.2) is 0 Å². The topological polar surface area (TPSA) is 49.4 Å². The van der Waals surface area contributed by atoms with Gasteiger partial charge in [0.1, 0.15) is 0 Å². The van der Waals surface area contributed by atoms with Crippen LogP contribution in [0.15, 0.2) is 27.6 Å². The van der Waals surface area contributed by atoms with Crippen LogP contribution in [0.3, 0.4) is 0 Å². The van der Waals surface area contributed by atoms with Gasteiger partial charge in [-0.3, -0.25) is 0 Å². The minimum Gasteiger partial charge on any atom is -0.313 e. The molecule has 1 aromatic carbocycles. The van der Waals surface area contributed by atoms with Gasteiger partial charge in [0.25, 0.3) is 0 Å². The van der Waals surface area contributed by atoms with Crippen molar-refractivity contribution in [3.8, 4) is 0 Å². The van der Waals surface area contributed by atoms with E-state index in [0.717, 1.165) is 31.5 Å². The lowest BCUT2D eigenvalue weighted by Gasteiger charge is -2.17. The summed E-state index contributed by atoms with van der Waals surface area (Å²) >= 11 is 3.38. The average molecular weight is 347 g/mol. The molecule has 0 aliphatic heterocycles. The Bertz CT molecular complexity index is 556. The van der Waals surface area contributed by atoms with E-state index in [2.05, 4.69) is 21.2 Å². The Balaban J connectivity index is 2.24. The van der Waals surface area contributed by atoms with Gasteiger partial charge in [-0.2, -0.15) is 4.31 Å². The minimum atomic E-state index is -3.38. The number of hydrogen-bond acceptors (Lipinski definition) is 3. The quantitative estimate of drug-likeness (QED) is 0.859. The number of rotatable bonds is 6. The van der Waals surface area contributed by atoms with Gasteiger partial charge in [-0.25, -0.2) is 8.42 Å². The lowest BCUT2D eigenvalue weighted by molar-refractivity contribution is 0.464. The molecular weight excluding hydrogens is 328 g/mol. The molecule has 0 saturated heterocycles. The molecule has 0 amide bonds. The first-order chi connectivity index (χ1) is 8.96. The Morgan fingerprint density at radius 3 is 2.63 bits per heavy atom. The summed E-state index contributed by atoms with van der Waals surface area (Å²) in [6.07, 6.45) is 1.93. The van der Waals surface area contributed by atoms with Crippen LogP contribution in [0.25, 0.3) is 0 Å². The van der Waals surface area contributed by atoms with E-state index in [9.17, 15) is 8.42 Å². The predicted molar refractivity (Wildman–Crippen MR) is 79.5 cm³/mol. The van der Waals surface area contributed by atoms with Crippen molar-refractivity contribution in [3.63, 3.8) is 0 Å². The van der Waals surface area contributed by atoms with Gasteiger partial charge >= 0.3 is 0 Å². The van der Waals surface area contributed by atoms with Crippen LogP contribution in [0.1, 0.15) is 25.3 Å². The predicted octanol–water partition coefficient (Wildman–Crippen LogP) is 2.34. The van der Waals surface area contributed by atoms with Crippen molar-refractivity contribution >= 4 is 26.0 Å². The zero-order valence-corrected chi connectivity index (χ0v) is 13.6. The number of nitrogens with zero attached hydrogens (tertiary/aromatic N) is 1. The molecule has 1 aliphatic rings. The molecule has 0 unspecified atom stereocenters. The molecule has 1 saturated carbocycles. The van der Waals surface area contributed by atoms with Gasteiger partial charge in [-0.15, -0.1) is 0 Å². The highest BCUT2D eigenvalue weighted by molar-refractivity contribution is 9.10. The van der Waals surface area contributed by atoms with Crippen LogP contribution >= 0.6 is 15.9 Å². The van der Waals surface area contributed by atoms with E-state index < -0.39 is 10.0 Å².